The molecule has 0 aromatic heterocycles. The Morgan fingerprint density at radius 2 is 1.46 bits per heavy atom. The molecule has 4 heteroatoms. The van der Waals surface area contributed by atoms with Gasteiger partial charge in [0.05, 0.1) is 0 Å². The highest BCUT2D eigenvalue weighted by atomic mass is 35.5. The number of fused-ring (bicyclic) bond motifs is 1. The van der Waals surface area contributed by atoms with Crippen LogP contribution in [0.5, 0.6) is 0 Å². The smallest absolute Gasteiger partial charge is 0.252 e. The summed E-state index contributed by atoms with van der Waals surface area (Å²) in [5.41, 5.74) is 1.69. The average Bonchev–Trinajstić information content (AvgIpc) is 2.75. The van der Waals surface area contributed by atoms with Crippen molar-refractivity contribution in [3.8, 4) is 0 Å². The molecule has 0 fully saturated rings. The second-order valence-electron chi connectivity index (χ2n) is 6.40. The van der Waals surface area contributed by atoms with Crippen LogP contribution < -0.4 is 5.32 Å². The van der Waals surface area contributed by atoms with Gasteiger partial charge >= 0.3 is 0 Å². The summed E-state index contributed by atoms with van der Waals surface area (Å²) in [6, 6.07) is 31.5. The van der Waals surface area contributed by atoms with Crippen LogP contribution in [0.25, 0.3) is 10.8 Å². The van der Waals surface area contributed by atoms with Gasteiger partial charge in [-0.05, 0) is 58.8 Å². The van der Waals surface area contributed by atoms with E-state index in [-0.39, 0.29) is 11.3 Å². The Morgan fingerprint density at radius 1 is 0.786 bits per heavy atom. The van der Waals surface area contributed by atoms with E-state index in [9.17, 15) is 4.79 Å². The van der Waals surface area contributed by atoms with Crippen molar-refractivity contribution in [2.45, 2.75) is 10.3 Å². The zero-order chi connectivity index (χ0) is 19.3. The minimum atomic E-state index is -0.224. The van der Waals surface area contributed by atoms with Crippen molar-refractivity contribution in [1.82, 2.24) is 5.32 Å². The van der Waals surface area contributed by atoms with Crippen LogP contribution in [0.4, 0.5) is 0 Å². The van der Waals surface area contributed by atoms with E-state index in [4.69, 9.17) is 11.6 Å². The lowest BCUT2D eigenvalue weighted by Crippen LogP contribution is -2.26. The topological polar surface area (TPSA) is 29.1 Å². The number of benzene rings is 4. The Bertz CT molecular complexity index is 1100. The lowest BCUT2D eigenvalue weighted by atomic mass is 10.1. The van der Waals surface area contributed by atoms with Crippen molar-refractivity contribution < 1.29 is 4.79 Å². The van der Waals surface area contributed by atoms with Gasteiger partial charge in [-0.25, -0.2) is 0 Å². The van der Waals surface area contributed by atoms with Crippen LogP contribution >= 0.6 is 23.4 Å². The van der Waals surface area contributed by atoms with Crippen LogP contribution in [0.15, 0.2) is 102 Å². The molecule has 1 unspecified atom stereocenters. The first-order chi connectivity index (χ1) is 13.7. The number of thioether (sulfide) groups is 1. The van der Waals surface area contributed by atoms with Crippen LogP contribution in [-0.4, -0.2) is 5.91 Å². The van der Waals surface area contributed by atoms with Crippen molar-refractivity contribution in [3.05, 3.63) is 113 Å². The van der Waals surface area contributed by atoms with Gasteiger partial charge in [-0.1, -0.05) is 78.0 Å². The summed E-state index contributed by atoms with van der Waals surface area (Å²) in [5, 5.41) is 5.96. The number of carbonyl (C=O) groups excluding carboxylic acids is 1. The van der Waals surface area contributed by atoms with E-state index in [2.05, 4.69) is 35.6 Å². The molecule has 0 aliphatic rings. The number of hydrogen-bond acceptors (Lipinski definition) is 2. The second-order valence-corrected chi connectivity index (χ2v) is 8.01. The maximum atomic E-state index is 12.8. The van der Waals surface area contributed by atoms with E-state index in [1.807, 2.05) is 66.7 Å². The van der Waals surface area contributed by atoms with Gasteiger partial charge in [0.2, 0.25) is 0 Å². The third kappa shape index (κ3) is 4.38. The van der Waals surface area contributed by atoms with Crippen LogP contribution in [0.2, 0.25) is 5.02 Å². The summed E-state index contributed by atoms with van der Waals surface area (Å²) in [6.07, 6.45) is 0. The number of nitrogens with one attached hydrogen (secondary N) is 1. The first kappa shape index (κ1) is 18.6. The minimum Gasteiger partial charge on any atom is -0.336 e. The van der Waals surface area contributed by atoms with Gasteiger partial charge in [0.15, 0.2) is 0 Å². The molecule has 1 amide bonds. The molecule has 0 saturated carbocycles. The van der Waals surface area contributed by atoms with E-state index < -0.39 is 0 Å². The first-order valence-corrected chi connectivity index (χ1v) is 10.2. The molecule has 138 valence electrons. The lowest BCUT2D eigenvalue weighted by molar-refractivity contribution is 0.0949. The Hall–Kier alpha value is -2.75. The highest BCUT2D eigenvalue weighted by molar-refractivity contribution is 7.99. The third-order valence-electron chi connectivity index (χ3n) is 4.44. The standard InChI is InChI=1S/C24H18ClNOS/c25-21-12-14-22(15-13-21)28-24(26-23(27)18-7-2-1-3-8-18)20-11-10-17-6-4-5-9-19(17)16-20/h1-16,24H,(H,26,27). The van der Waals surface area contributed by atoms with Gasteiger partial charge in [0.1, 0.15) is 5.37 Å². The Labute approximate surface area is 173 Å². The number of hydrogen-bond donors (Lipinski definition) is 1. The van der Waals surface area contributed by atoms with Crippen LogP contribution in [0.3, 0.4) is 0 Å². The van der Waals surface area contributed by atoms with Gasteiger partial charge in [0, 0.05) is 15.5 Å². The molecular formula is C24H18ClNOS. The summed E-state index contributed by atoms with van der Waals surface area (Å²) in [4.78, 5) is 13.8. The molecule has 0 spiro atoms. The number of halogens is 1. The van der Waals surface area contributed by atoms with E-state index in [0.717, 1.165) is 15.8 Å². The Morgan fingerprint density at radius 3 is 2.21 bits per heavy atom. The molecule has 0 bridgehead atoms. The maximum absolute atomic E-state index is 12.8. The van der Waals surface area contributed by atoms with E-state index in [1.54, 1.807) is 11.8 Å². The highest BCUT2D eigenvalue weighted by Gasteiger charge is 2.17. The average molecular weight is 404 g/mol. The fraction of sp³-hybridized carbons (Fsp3) is 0.0417. The summed E-state index contributed by atoms with van der Waals surface area (Å²) in [7, 11) is 0. The Balaban J connectivity index is 1.67. The molecule has 1 atom stereocenters. The third-order valence-corrected chi connectivity index (χ3v) is 5.86. The molecule has 4 aromatic carbocycles. The number of amides is 1. The largest absolute Gasteiger partial charge is 0.336 e. The lowest BCUT2D eigenvalue weighted by Gasteiger charge is -2.20. The predicted molar refractivity (Wildman–Crippen MR) is 118 cm³/mol. The monoisotopic (exact) mass is 403 g/mol. The molecular weight excluding hydrogens is 386 g/mol. The van der Waals surface area contributed by atoms with Gasteiger partial charge in [-0.2, -0.15) is 0 Å². The molecule has 0 radical (unpaired) electrons. The molecule has 0 heterocycles. The first-order valence-electron chi connectivity index (χ1n) is 8.96. The molecule has 0 saturated heterocycles. The SMILES string of the molecule is O=C(NC(Sc1ccc(Cl)cc1)c1ccc2ccccc2c1)c1ccccc1. The zero-order valence-electron chi connectivity index (χ0n) is 15.0. The van der Waals surface area contributed by atoms with Crippen LogP contribution in [-0.2, 0) is 0 Å². The maximum Gasteiger partial charge on any atom is 0.252 e. The zero-order valence-corrected chi connectivity index (χ0v) is 16.6. The molecule has 2 nitrogen and oxygen atoms in total. The van der Waals surface area contributed by atoms with Crippen molar-refractivity contribution in [2.75, 3.05) is 0 Å². The Kier molecular flexibility index (Phi) is 5.65. The van der Waals surface area contributed by atoms with Crippen molar-refractivity contribution in [2.24, 2.45) is 0 Å². The van der Waals surface area contributed by atoms with Crippen molar-refractivity contribution >= 4 is 40.0 Å². The van der Waals surface area contributed by atoms with E-state index in [0.29, 0.717) is 10.6 Å². The highest BCUT2D eigenvalue weighted by Crippen LogP contribution is 2.35. The molecule has 4 aromatic rings. The summed E-state index contributed by atoms with van der Waals surface area (Å²) in [5.74, 6) is -0.0970. The van der Waals surface area contributed by atoms with Gasteiger partial charge in [-0.3, -0.25) is 4.79 Å². The van der Waals surface area contributed by atoms with Crippen LogP contribution in [0.1, 0.15) is 21.3 Å². The van der Waals surface area contributed by atoms with Crippen LogP contribution in [0, 0.1) is 0 Å². The molecule has 4 rings (SSSR count). The fourth-order valence-corrected chi connectivity index (χ4v) is 4.13. The molecule has 0 aliphatic heterocycles. The molecule has 28 heavy (non-hydrogen) atoms. The number of rotatable bonds is 5. The van der Waals surface area contributed by atoms with Gasteiger partial charge in [0.25, 0.3) is 5.91 Å². The van der Waals surface area contributed by atoms with Gasteiger partial charge < -0.3 is 5.32 Å². The van der Waals surface area contributed by atoms with E-state index >= 15 is 0 Å². The minimum absolute atomic E-state index is 0.0970. The fourth-order valence-electron chi connectivity index (χ4n) is 2.99. The van der Waals surface area contributed by atoms with Crippen molar-refractivity contribution in [3.63, 3.8) is 0 Å². The normalized spacial score (nSPS) is 11.9. The van der Waals surface area contributed by atoms with Gasteiger partial charge in [-0.15, -0.1) is 0 Å². The summed E-state index contributed by atoms with van der Waals surface area (Å²) < 4.78 is 0. The second kappa shape index (κ2) is 8.51. The molecule has 1 N–H and O–H groups in total. The number of carbonyl (C=O) groups is 1. The summed E-state index contributed by atoms with van der Waals surface area (Å²) in [6.45, 7) is 0. The van der Waals surface area contributed by atoms with E-state index in [1.165, 1.54) is 5.39 Å². The summed E-state index contributed by atoms with van der Waals surface area (Å²) >= 11 is 7.61. The van der Waals surface area contributed by atoms with Crippen molar-refractivity contribution in [1.29, 1.82) is 0 Å². The molecule has 0 aliphatic carbocycles. The predicted octanol–water partition coefficient (Wildman–Crippen LogP) is 6.71. The quantitative estimate of drug-likeness (QED) is 0.296.